The van der Waals surface area contributed by atoms with Crippen LogP contribution in [-0.2, 0) is 4.74 Å². The molecule has 7 heteroatoms. The van der Waals surface area contributed by atoms with Gasteiger partial charge in [0.2, 0.25) is 0 Å². The number of hydrogen-bond donors (Lipinski definition) is 1. The van der Waals surface area contributed by atoms with E-state index in [0.29, 0.717) is 6.61 Å². The first kappa shape index (κ1) is 14.2. The van der Waals surface area contributed by atoms with Crippen molar-refractivity contribution >= 4 is 17.5 Å². The van der Waals surface area contributed by atoms with Crippen molar-refractivity contribution in [1.82, 2.24) is 4.90 Å². The van der Waals surface area contributed by atoms with Crippen LogP contribution in [0, 0.1) is 11.6 Å². The number of hydrogen-bond acceptors (Lipinski definition) is 3. The zero-order chi connectivity index (χ0) is 14.0. The number of ether oxygens (including phenoxy) is 1. The Bertz CT molecular complexity index is 498. The van der Waals surface area contributed by atoms with Crippen molar-refractivity contribution in [1.29, 1.82) is 0 Å². The molecule has 1 aliphatic heterocycles. The summed E-state index contributed by atoms with van der Waals surface area (Å²) in [6.45, 7) is 0.372. The number of amides is 1. The zero-order valence-electron chi connectivity index (χ0n) is 9.91. The Morgan fingerprint density at radius 2 is 2.21 bits per heavy atom. The Balaban J connectivity index is 2.30. The molecule has 19 heavy (non-hydrogen) atoms. The molecule has 4 nitrogen and oxygen atoms in total. The summed E-state index contributed by atoms with van der Waals surface area (Å²) in [5.74, 6) is -2.43. The number of morpholine rings is 1. The maximum absolute atomic E-state index is 13.7. The highest BCUT2D eigenvalue weighted by Crippen LogP contribution is 2.21. The maximum Gasteiger partial charge on any atom is 0.257 e. The third kappa shape index (κ3) is 2.86. The smallest absolute Gasteiger partial charge is 0.257 e. The molecular formula is C12H12ClF2NO3. The van der Waals surface area contributed by atoms with Crippen LogP contribution >= 0.6 is 11.6 Å². The number of halogens is 3. The monoisotopic (exact) mass is 291 g/mol. The molecule has 1 aromatic rings. The van der Waals surface area contributed by atoms with Crippen molar-refractivity contribution in [2.24, 2.45) is 0 Å². The van der Waals surface area contributed by atoms with Gasteiger partial charge in [-0.15, -0.1) is 0 Å². The molecule has 104 valence electrons. The van der Waals surface area contributed by atoms with E-state index in [0.717, 1.165) is 12.1 Å². The molecule has 1 heterocycles. The lowest BCUT2D eigenvalue weighted by Crippen LogP contribution is -2.50. The first-order valence-corrected chi connectivity index (χ1v) is 6.06. The molecule has 1 atom stereocenters. The molecule has 1 fully saturated rings. The van der Waals surface area contributed by atoms with Gasteiger partial charge < -0.3 is 14.7 Å². The van der Waals surface area contributed by atoms with E-state index in [4.69, 9.17) is 21.4 Å². The number of rotatable bonds is 2. The van der Waals surface area contributed by atoms with Gasteiger partial charge in [-0.1, -0.05) is 11.6 Å². The van der Waals surface area contributed by atoms with Gasteiger partial charge in [-0.2, -0.15) is 0 Å². The van der Waals surface area contributed by atoms with Gasteiger partial charge in [-0.05, 0) is 12.1 Å². The first-order valence-electron chi connectivity index (χ1n) is 5.68. The number of benzene rings is 1. The van der Waals surface area contributed by atoms with Crippen LogP contribution in [0.5, 0.6) is 0 Å². The maximum atomic E-state index is 13.7. The highest BCUT2D eigenvalue weighted by molar-refractivity contribution is 6.30. The first-order chi connectivity index (χ1) is 9.04. The van der Waals surface area contributed by atoms with Crippen LogP contribution in [0.2, 0.25) is 5.02 Å². The number of carbonyl (C=O) groups is 1. The number of nitrogens with zero attached hydrogens (tertiary/aromatic N) is 1. The van der Waals surface area contributed by atoms with Crippen molar-refractivity contribution in [3.8, 4) is 0 Å². The number of aliphatic hydroxyl groups is 1. The van der Waals surface area contributed by atoms with Crippen LogP contribution in [0.4, 0.5) is 8.78 Å². The van der Waals surface area contributed by atoms with Gasteiger partial charge in [0.05, 0.1) is 36.4 Å². The van der Waals surface area contributed by atoms with Crippen LogP contribution < -0.4 is 0 Å². The minimum Gasteiger partial charge on any atom is -0.394 e. The highest BCUT2D eigenvalue weighted by Gasteiger charge is 2.29. The third-order valence-electron chi connectivity index (χ3n) is 2.94. The Morgan fingerprint density at radius 3 is 2.89 bits per heavy atom. The Labute approximate surface area is 113 Å². The van der Waals surface area contributed by atoms with E-state index < -0.39 is 29.1 Å². The van der Waals surface area contributed by atoms with Gasteiger partial charge in [0.15, 0.2) is 0 Å². The molecular weight excluding hydrogens is 280 g/mol. The summed E-state index contributed by atoms with van der Waals surface area (Å²) < 4.78 is 32.1. The molecule has 2 rings (SSSR count). The fourth-order valence-corrected chi connectivity index (χ4v) is 2.06. The molecule has 1 aromatic carbocycles. The molecule has 0 spiro atoms. The van der Waals surface area contributed by atoms with E-state index in [-0.39, 0.29) is 24.8 Å². The standard InChI is InChI=1S/C12H12ClF2NO3/c13-9-4-10(14)8(3-11(9)15)12(18)16-1-2-19-6-7(16)5-17/h3-4,7,17H,1-2,5-6H2. The second kappa shape index (κ2) is 5.81. The summed E-state index contributed by atoms with van der Waals surface area (Å²) >= 11 is 5.43. The molecule has 0 aromatic heterocycles. The summed E-state index contributed by atoms with van der Waals surface area (Å²) in [7, 11) is 0. The van der Waals surface area contributed by atoms with Crippen LogP contribution in [0.3, 0.4) is 0 Å². The molecule has 0 saturated carbocycles. The molecule has 1 N–H and O–H groups in total. The molecule has 0 aliphatic carbocycles. The Kier molecular flexibility index (Phi) is 4.34. The fourth-order valence-electron chi connectivity index (χ4n) is 1.91. The van der Waals surface area contributed by atoms with E-state index in [9.17, 15) is 13.6 Å². The minimum absolute atomic E-state index is 0.167. The molecule has 1 aliphatic rings. The van der Waals surface area contributed by atoms with Crippen molar-refractivity contribution in [3.63, 3.8) is 0 Å². The van der Waals surface area contributed by atoms with Gasteiger partial charge >= 0.3 is 0 Å². The van der Waals surface area contributed by atoms with Crippen LogP contribution in [0.25, 0.3) is 0 Å². The average molecular weight is 292 g/mol. The molecule has 1 unspecified atom stereocenters. The number of carbonyl (C=O) groups excluding carboxylic acids is 1. The number of aliphatic hydroxyl groups excluding tert-OH is 1. The second-order valence-corrected chi connectivity index (χ2v) is 4.56. The van der Waals surface area contributed by atoms with Crippen LogP contribution in [0.1, 0.15) is 10.4 Å². The van der Waals surface area contributed by atoms with Crippen molar-refractivity contribution in [2.45, 2.75) is 6.04 Å². The van der Waals surface area contributed by atoms with Gasteiger partial charge in [0.1, 0.15) is 11.6 Å². The summed E-state index contributed by atoms with van der Waals surface area (Å²) in [5.41, 5.74) is -0.401. The van der Waals surface area contributed by atoms with Gasteiger partial charge in [-0.3, -0.25) is 4.79 Å². The zero-order valence-corrected chi connectivity index (χ0v) is 10.7. The van der Waals surface area contributed by atoms with E-state index >= 15 is 0 Å². The summed E-state index contributed by atoms with van der Waals surface area (Å²) in [5, 5.41) is 8.78. The van der Waals surface area contributed by atoms with Gasteiger partial charge in [0, 0.05) is 6.54 Å². The third-order valence-corrected chi connectivity index (χ3v) is 3.23. The van der Waals surface area contributed by atoms with Crippen LogP contribution in [-0.4, -0.2) is 48.3 Å². The summed E-state index contributed by atoms with van der Waals surface area (Å²) in [4.78, 5) is 13.4. The van der Waals surface area contributed by atoms with E-state index in [1.165, 1.54) is 4.90 Å². The normalized spacial score (nSPS) is 19.6. The van der Waals surface area contributed by atoms with Gasteiger partial charge in [0.25, 0.3) is 5.91 Å². The second-order valence-electron chi connectivity index (χ2n) is 4.16. The summed E-state index contributed by atoms with van der Waals surface area (Å²) in [6, 6.07) is 0.974. The summed E-state index contributed by atoms with van der Waals surface area (Å²) in [6.07, 6.45) is 0. The van der Waals surface area contributed by atoms with Crippen molar-refractivity contribution in [2.75, 3.05) is 26.4 Å². The predicted octanol–water partition coefficient (Wildman–Crippen LogP) is 1.45. The fraction of sp³-hybridized carbons (Fsp3) is 0.417. The largest absolute Gasteiger partial charge is 0.394 e. The highest BCUT2D eigenvalue weighted by atomic mass is 35.5. The molecule has 1 saturated heterocycles. The molecule has 0 radical (unpaired) electrons. The van der Waals surface area contributed by atoms with Crippen molar-refractivity contribution in [3.05, 3.63) is 34.4 Å². The Hall–Kier alpha value is -1.24. The molecule has 0 bridgehead atoms. The quantitative estimate of drug-likeness (QED) is 0.839. The van der Waals surface area contributed by atoms with Crippen LogP contribution in [0.15, 0.2) is 12.1 Å². The predicted molar refractivity (Wildman–Crippen MR) is 64.1 cm³/mol. The topological polar surface area (TPSA) is 49.8 Å². The lowest BCUT2D eigenvalue weighted by Gasteiger charge is -2.34. The molecule has 1 amide bonds. The van der Waals surface area contributed by atoms with Crippen molar-refractivity contribution < 1.29 is 23.4 Å². The average Bonchev–Trinajstić information content (AvgIpc) is 2.42. The van der Waals surface area contributed by atoms with E-state index in [1.807, 2.05) is 0 Å². The lowest BCUT2D eigenvalue weighted by atomic mass is 10.1. The lowest BCUT2D eigenvalue weighted by molar-refractivity contribution is -0.0186. The SMILES string of the molecule is O=C(c1cc(F)c(Cl)cc1F)N1CCOCC1CO. The Morgan fingerprint density at radius 1 is 1.47 bits per heavy atom. The van der Waals surface area contributed by atoms with Gasteiger partial charge in [-0.25, -0.2) is 8.78 Å². The minimum atomic E-state index is -0.889. The van der Waals surface area contributed by atoms with E-state index in [2.05, 4.69) is 0 Å². The van der Waals surface area contributed by atoms with E-state index in [1.54, 1.807) is 0 Å².